The van der Waals surface area contributed by atoms with Crippen LogP contribution < -0.4 is 9.47 Å². The fourth-order valence-electron chi connectivity index (χ4n) is 4.83. The number of hydrogen-bond acceptors (Lipinski definition) is 6. The van der Waals surface area contributed by atoms with E-state index in [1.165, 1.54) is 11.1 Å². The Balaban J connectivity index is 1.47. The fraction of sp³-hybridized carbons (Fsp3) is 0.419. The van der Waals surface area contributed by atoms with Crippen LogP contribution in [0.1, 0.15) is 33.9 Å². The Morgan fingerprint density at radius 3 is 2.38 bits per heavy atom. The van der Waals surface area contributed by atoms with Gasteiger partial charge in [-0.05, 0) is 66.0 Å². The van der Waals surface area contributed by atoms with Gasteiger partial charge in [0.1, 0.15) is 0 Å². The van der Waals surface area contributed by atoms with Crippen LogP contribution in [0.2, 0.25) is 0 Å². The maximum atomic E-state index is 13.7. The molecule has 1 fully saturated rings. The molecule has 0 spiro atoms. The molecule has 1 unspecified atom stereocenters. The van der Waals surface area contributed by atoms with Crippen LogP contribution >= 0.6 is 11.3 Å². The van der Waals surface area contributed by atoms with Crippen LogP contribution in [0, 0.1) is 12.8 Å². The van der Waals surface area contributed by atoms with Crippen molar-refractivity contribution in [2.75, 3.05) is 47.6 Å². The number of ether oxygens (including phenoxy) is 3. The number of carbonyl (C=O) groups excluding carboxylic acids is 2. The third kappa shape index (κ3) is 7.40. The van der Waals surface area contributed by atoms with Gasteiger partial charge in [-0.2, -0.15) is 0 Å². The van der Waals surface area contributed by atoms with E-state index in [-0.39, 0.29) is 30.2 Å². The zero-order valence-corrected chi connectivity index (χ0v) is 24.0. The predicted octanol–water partition coefficient (Wildman–Crippen LogP) is 4.92. The third-order valence-corrected chi connectivity index (χ3v) is 8.32. The van der Waals surface area contributed by atoms with E-state index < -0.39 is 0 Å². The normalized spacial score (nSPS) is 16.0. The predicted molar refractivity (Wildman–Crippen MR) is 153 cm³/mol. The largest absolute Gasteiger partial charge is 0.493 e. The molecule has 2 amide bonds. The van der Waals surface area contributed by atoms with Crippen LogP contribution in [0.5, 0.6) is 11.5 Å². The second-order valence-corrected chi connectivity index (χ2v) is 10.9. The summed E-state index contributed by atoms with van der Waals surface area (Å²) in [5, 5.41) is 2.05. The number of nitrogens with zero attached hydrogens (tertiary/aromatic N) is 2. The summed E-state index contributed by atoms with van der Waals surface area (Å²) in [5.41, 5.74) is 3.39. The second kappa shape index (κ2) is 13.6. The highest BCUT2D eigenvalue weighted by Gasteiger charge is 2.46. The van der Waals surface area contributed by atoms with Crippen molar-refractivity contribution in [2.24, 2.45) is 5.92 Å². The fourth-order valence-corrected chi connectivity index (χ4v) is 5.76. The van der Waals surface area contributed by atoms with Gasteiger partial charge in [-0.15, -0.1) is 11.3 Å². The lowest BCUT2D eigenvalue weighted by molar-refractivity contribution is -0.142. The first-order valence-corrected chi connectivity index (χ1v) is 14.2. The third-order valence-electron chi connectivity index (χ3n) is 7.31. The highest BCUT2D eigenvalue weighted by molar-refractivity contribution is 7.10. The van der Waals surface area contributed by atoms with E-state index in [2.05, 4.69) is 25.1 Å². The van der Waals surface area contributed by atoms with E-state index in [4.69, 9.17) is 14.2 Å². The molecule has 0 N–H and O–H groups in total. The van der Waals surface area contributed by atoms with E-state index in [9.17, 15) is 9.59 Å². The quantitative estimate of drug-likeness (QED) is 0.285. The topological polar surface area (TPSA) is 68.3 Å². The van der Waals surface area contributed by atoms with Crippen molar-refractivity contribution < 1.29 is 23.8 Å². The van der Waals surface area contributed by atoms with E-state index in [1.54, 1.807) is 37.6 Å². The molecule has 0 saturated heterocycles. The summed E-state index contributed by atoms with van der Waals surface area (Å²) in [5.74, 6) is 1.43. The maximum Gasteiger partial charge on any atom is 0.242 e. The first-order chi connectivity index (χ1) is 18.9. The summed E-state index contributed by atoms with van der Waals surface area (Å²) in [7, 11) is 4.84. The van der Waals surface area contributed by atoms with Crippen LogP contribution in [0.4, 0.5) is 0 Å². The van der Waals surface area contributed by atoms with Crippen molar-refractivity contribution in [3.8, 4) is 11.5 Å². The van der Waals surface area contributed by atoms with E-state index >= 15 is 0 Å². The van der Waals surface area contributed by atoms with Gasteiger partial charge in [0.15, 0.2) is 11.5 Å². The number of methoxy groups -OCH3 is 3. The molecule has 7 nitrogen and oxygen atoms in total. The van der Waals surface area contributed by atoms with Crippen LogP contribution in [-0.2, 0) is 27.3 Å². The molecule has 8 heteroatoms. The molecule has 1 saturated carbocycles. The molecule has 2 aromatic carbocycles. The molecule has 1 heterocycles. The molecule has 1 aliphatic rings. The number of carbonyl (C=O) groups is 2. The minimum atomic E-state index is -0.0863. The second-order valence-electron chi connectivity index (χ2n) is 9.89. The summed E-state index contributed by atoms with van der Waals surface area (Å²) in [6, 6.07) is 18.0. The minimum Gasteiger partial charge on any atom is -0.493 e. The van der Waals surface area contributed by atoms with Crippen LogP contribution in [0.25, 0.3) is 0 Å². The number of benzene rings is 2. The molecule has 1 aromatic heterocycles. The zero-order valence-electron chi connectivity index (χ0n) is 23.2. The lowest BCUT2D eigenvalue weighted by atomic mass is 10.1. The van der Waals surface area contributed by atoms with Gasteiger partial charge in [0.2, 0.25) is 11.8 Å². The van der Waals surface area contributed by atoms with Gasteiger partial charge >= 0.3 is 0 Å². The summed E-state index contributed by atoms with van der Waals surface area (Å²) >= 11 is 1.65. The number of amides is 2. The molecule has 0 aliphatic heterocycles. The molecular formula is C31H38N2O5S. The molecule has 208 valence electrons. The molecule has 39 heavy (non-hydrogen) atoms. The highest BCUT2D eigenvalue weighted by atomic mass is 32.1. The zero-order chi connectivity index (χ0) is 27.8. The lowest BCUT2D eigenvalue weighted by Gasteiger charge is -2.28. The van der Waals surface area contributed by atoms with Crippen LogP contribution in [0.15, 0.2) is 60.0 Å². The Morgan fingerprint density at radius 1 is 0.949 bits per heavy atom. The molecule has 0 bridgehead atoms. The van der Waals surface area contributed by atoms with Crippen LogP contribution in [0.3, 0.4) is 0 Å². The molecular weight excluding hydrogens is 512 g/mol. The Hall–Kier alpha value is -3.36. The SMILES string of the molecule is COCCN(CC(=O)N(CCc1ccc(OC)c(OC)c1)Cc1sccc1C)C(=O)C1C[C@H]1c1ccccc1. The minimum absolute atomic E-state index is 0.0291. The smallest absolute Gasteiger partial charge is 0.242 e. The first kappa shape index (κ1) is 28.6. The van der Waals surface area contributed by atoms with Gasteiger partial charge in [0.05, 0.1) is 33.9 Å². The van der Waals surface area contributed by atoms with Crippen molar-refractivity contribution >= 4 is 23.2 Å². The van der Waals surface area contributed by atoms with E-state index in [0.717, 1.165) is 16.9 Å². The molecule has 4 rings (SSSR count). The maximum absolute atomic E-state index is 13.7. The molecule has 0 radical (unpaired) electrons. The Bertz CT molecular complexity index is 1240. The Morgan fingerprint density at radius 2 is 1.72 bits per heavy atom. The molecule has 2 atom stereocenters. The Labute approximate surface area is 235 Å². The van der Waals surface area contributed by atoms with Gasteiger partial charge in [-0.3, -0.25) is 9.59 Å². The molecule has 1 aliphatic carbocycles. The van der Waals surface area contributed by atoms with Crippen molar-refractivity contribution in [1.29, 1.82) is 0 Å². The first-order valence-electron chi connectivity index (χ1n) is 13.3. The summed E-state index contributed by atoms with van der Waals surface area (Å²) in [6.07, 6.45) is 1.47. The standard InChI is InChI=1S/C31H38N2O5S/c1-22-13-17-39-29(22)20-32(14-12-23-10-11-27(37-3)28(18-23)38-4)30(34)21-33(15-16-36-2)31(35)26-19-25(26)24-8-6-5-7-9-24/h5-11,13,17-18,25-26H,12,14-16,19-21H2,1-4H3/t25-,26?/m0/s1. The number of thiophene rings is 1. The highest BCUT2D eigenvalue weighted by Crippen LogP contribution is 2.48. The summed E-state index contributed by atoms with van der Waals surface area (Å²) in [4.78, 5) is 32.0. The van der Waals surface area contributed by atoms with Gasteiger partial charge in [-0.25, -0.2) is 0 Å². The number of hydrogen-bond donors (Lipinski definition) is 0. The lowest BCUT2D eigenvalue weighted by Crippen LogP contribution is -2.45. The number of aryl methyl sites for hydroxylation is 1. The van der Waals surface area contributed by atoms with Crippen molar-refractivity contribution in [3.63, 3.8) is 0 Å². The van der Waals surface area contributed by atoms with Crippen molar-refractivity contribution in [2.45, 2.75) is 32.2 Å². The van der Waals surface area contributed by atoms with Crippen molar-refractivity contribution in [3.05, 3.63) is 81.5 Å². The average molecular weight is 551 g/mol. The number of rotatable bonds is 14. The van der Waals surface area contributed by atoms with Crippen molar-refractivity contribution in [1.82, 2.24) is 9.80 Å². The van der Waals surface area contributed by atoms with Gasteiger partial charge in [0.25, 0.3) is 0 Å². The van der Waals surface area contributed by atoms with E-state index in [1.807, 2.05) is 46.7 Å². The van der Waals surface area contributed by atoms with Gasteiger partial charge < -0.3 is 24.0 Å². The Kier molecular flexibility index (Phi) is 10.0. The summed E-state index contributed by atoms with van der Waals surface area (Å²) < 4.78 is 16.1. The monoisotopic (exact) mass is 550 g/mol. The summed E-state index contributed by atoms with van der Waals surface area (Å²) in [6.45, 7) is 3.91. The van der Waals surface area contributed by atoms with E-state index in [0.29, 0.717) is 44.2 Å². The molecule has 3 aromatic rings. The average Bonchev–Trinajstić information content (AvgIpc) is 3.67. The van der Waals surface area contributed by atoms with Gasteiger partial charge in [0, 0.05) is 31.0 Å². The van der Waals surface area contributed by atoms with Gasteiger partial charge in [-0.1, -0.05) is 36.4 Å². The van der Waals surface area contributed by atoms with Crippen LogP contribution in [-0.4, -0.2) is 69.2 Å².